The molecule has 0 aromatic heterocycles. The highest BCUT2D eigenvalue weighted by Crippen LogP contribution is 2.25. The first-order valence-electron chi connectivity index (χ1n) is 5.85. The zero-order chi connectivity index (χ0) is 13.1. The van der Waals surface area contributed by atoms with Crippen molar-refractivity contribution < 1.29 is 9.90 Å². The first kappa shape index (κ1) is 12.8. The maximum atomic E-state index is 10.8. The first-order valence-corrected chi connectivity index (χ1v) is 6.23. The Hall–Kier alpha value is -1.62. The number of nitrogen functional groups attached to an aromatic ring is 1. The van der Waals surface area contributed by atoms with Crippen LogP contribution >= 0.6 is 11.6 Å². The standard InChI is InChI=1S/C12H16ClN3O2/c13-8-1-2-10(14)11(7-8)15-9-3-5-16(6-4-9)12(17)18/h1-2,7,9,15H,3-6,14H2,(H,17,18). The van der Waals surface area contributed by atoms with Crippen LogP contribution in [0.2, 0.25) is 5.02 Å². The van der Waals surface area contributed by atoms with E-state index in [1.807, 2.05) is 0 Å². The summed E-state index contributed by atoms with van der Waals surface area (Å²) in [5.41, 5.74) is 7.33. The minimum absolute atomic E-state index is 0.237. The van der Waals surface area contributed by atoms with E-state index in [4.69, 9.17) is 22.4 Å². The second kappa shape index (κ2) is 5.35. The molecule has 4 N–H and O–H groups in total. The fourth-order valence-electron chi connectivity index (χ4n) is 2.09. The number of hydrogen-bond donors (Lipinski definition) is 3. The molecule has 0 aliphatic carbocycles. The average Bonchev–Trinajstić information content (AvgIpc) is 2.34. The van der Waals surface area contributed by atoms with E-state index >= 15 is 0 Å². The van der Waals surface area contributed by atoms with Crippen LogP contribution in [0.4, 0.5) is 16.2 Å². The van der Waals surface area contributed by atoms with Gasteiger partial charge in [0.2, 0.25) is 0 Å². The Balaban J connectivity index is 1.95. The Morgan fingerprint density at radius 3 is 2.72 bits per heavy atom. The van der Waals surface area contributed by atoms with Crippen molar-refractivity contribution in [2.75, 3.05) is 24.1 Å². The van der Waals surface area contributed by atoms with Crippen molar-refractivity contribution in [2.24, 2.45) is 0 Å². The summed E-state index contributed by atoms with van der Waals surface area (Å²) in [7, 11) is 0. The number of rotatable bonds is 2. The molecule has 0 unspecified atom stereocenters. The molecular formula is C12H16ClN3O2. The van der Waals surface area contributed by atoms with Crippen LogP contribution in [0, 0.1) is 0 Å². The van der Waals surface area contributed by atoms with E-state index in [1.165, 1.54) is 4.90 Å². The van der Waals surface area contributed by atoms with Crippen LogP contribution in [0.5, 0.6) is 0 Å². The fourth-order valence-corrected chi connectivity index (χ4v) is 2.26. The molecule has 98 valence electrons. The van der Waals surface area contributed by atoms with Gasteiger partial charge >= 0.3 is 6.09 Å². The van der Waals surface area contributed by atoms with Gasteiger partial charge in [-0.1, -0.05) is 11.6 Å². The third-order valence-corrected chi connectivity index (χ3v) is 3.38. The third kappa shape index (κ3) is 2.98. The van der Waals surface area contributed by atoms with Crippen LogP contribution in [0.1, 0.15) is 12.8 Å². The molecule has 2 rings (SSSR count). The van der Waals surface area contributed by atoms with Crippen molar-refractivity contribution in [3.8, 4) is 0 Å². The monoisotopic (exact) mass is 269 g/mol. The van der Waals surface area contributed by atoms with Gasteiger partial charge in [0, 0.05) is 24.2 Å². The number of nitrogens with two attached hydrogens (primary N) is 1. The maximum Gasteiger partial charge on any atom is 0.407 e. The second-order valence-corrected chi connectivity index (χ2v) is 4.86. The highest BCUT2D eigenvalue weighted by atomic mass is 35.5. The lowest BCUT2D eigenvalue weighted by Crippen LogP contribution is -2.41. The number of benzene rings is 1. The van der Waals surface area contributed by atoms with Crippen LogP contribution in [0.3, 0.4) is 0 Å². The van der Waals surface area contributed by atoms with Crippen LogP contribution in [0.25, 0.3) is 0 Å². The number of nitrogens with one attached hydrogen (secondary N) is 1. The van der Waals surface area contributed by atoms with E-state index in [-0.39, 0.29) is 6.04 Å². The molecular weight excluding hydrogens is 254 g/mol. The maximum absolute atomic E-state index is 10.8. The number of hydrogen-bond acceptors (Lipinski definition) is 3. The molecule has 18 heavy (non-hydrogen) atoms. The number of carbonyl (C=O) groups is 1. The number of nitrogens with zero attached hydrogens (tertiary/aromatic N) is 1. The van der Waals surface area contributed by atoms with E-state index < -0.39 is 6.09 Å². The number of amides is 1. The Morgan fingerprint density at radius 1 is 1.44 bits per heavy atom. The van der Waals surface area contributed by atoms with E-state index in [2.05, 4.69) is 5.32 Å². The van der Waals surface area contributed by atoms with Crippen LogP contribution in [-0.4, -0.2) is 35.2 Å². The summed E-state index contributed by atoms with van der Waals surface area (Å²) < 4.78 is 0. The van der Waals surface area contributed by atoms with Gasteiger partial charge in [-0.15, -0.1) is 0 Å². The van der Waals surface area contributed by atoms with Crippen molar-refractivity contribution in [3.05, 3.63) is 23.2 Å². The second-order valence-electron chi connectivity index (χ2n) is 4.42. The molecule has 1 aromatic carbocycles. The van der Waals surface area contributed by atoms with Crippen molar-refractivity contribution in [1.82, 2.24) is 4.90 Å². The summed E-state index contributed by atoms with van der Waals surface area (Å²) in [6, 6.07) is 5.54. The number of piperidine rings is 1. The fraction of sp³-hybridized carbons (Fsp3) is 0.417. The van der Waals surface area contributed by atoms with Crippen LogP contribution in [-0.2, 0) is 0 Å². The van der Waals surface area contributed by atoms with Crippen LogP contribution < -0.4 is 11.1 Å². The van der Waals surface area contributed by atoms with Gasteiger partial charge in [-0.2, -0.15) is 0 Å². The summed E-state index contributed by atoms with van der Waals surface area (Å²) >= 11 is 5.92. The quantitative estimate of drug-likeness (QED) is 0.721. The summed E-state index contributed by atoms with van der Waals surface area (Å²) in [5.74, 6) is 0. The molecule has 0 bridgehead atoms. The lowest BCUT2D eigenvalue weighted by Gasteiger charge is -2.31. The number of likely N-dealkylation sites (tertiary alicyclic amines) is 1. The molecule has 0 saturated carbocycles. The van der Waals surface area contributed by atoms with Gasteiger partial charge in [0.1, 0.15) is 0 Å². The molecule has 1 aliphatic rings. The molecule has 6 heteroatoms. The van der Waals surface area contributed by atoms with Gasteiger partial charge in [0.15, 0.2) is 0 Å². The third-order valence-electron chi connectivity index (χ3n) is 3.14. The minimum atomic E-state index is -0.851. The number of anilines is 2. The SMILES string of the molecule is Nc1ccc(Cl)cc1NC1CCN(C(=O)O)CC1. The summed E-state index contributed by atoms with van der Waals surface area (Å²) in [4.78, 5) is 12.2. The summed E-state index contributed by atoms with van der Waals surface area (Å²) in [5, 5.41) is 12.8. The Bertz CT molecular complexity index is 445. The molecule has 1 aromatic rings. The molecule has 0 spiro atoms. The predicted molar refractivity (Wildman–Crippen MR) is 72.1 cm³/mol. The van der Waals surface area contributed by atoms with Crippen LogP contribution in [0.15, 0.2) is 18.2 Å². The normalized spacial score (nSPS) is 16.6. The smallest absolute Gasteiger partial charge is 0.407 e. The van der Waals surface area contributed by atoms with Gasteiger partial charge in [0.25, 0.3) is 0 Å². The lowest BCUT2D eigenvalue weighted by atomic mass is 10.0. The highest BCUT2D eigenvalue weighted by molar-refractivity contribution is 6.31. The molecule has 1 saturated heterocycles. The van der Waals surface area contributed by atoms with E-state index in [0.29, 0.717) is 23.8 Å². The highest BCUT2D eigenvalue weighted by Gasteiger charge is 2.22. The number of carboxylic acid groups (broad SMARTS) is 1. The average molecular weight is 270 g/mol. The van der Waals surface area contributed by atoms with Crippen molar-refractivity contribution in [1.29, 1.82) is 0 Å². The zero-order valence-corrected chi connectivity index (χ0v) is 10.7. The van der Waals surface area contributed by atoms with Crippen molar-refractivity contribution >= 4 is 29.1 Å². The Kier molecular flexibility index (Phi) is 3.81. The van der Waals surface area contributed by atoms with E-state index in [1.54, 1.807) is 18.2 Å². The largest absolute Gasteiger partial charge is 0.465 e. The molecule has 1 fully saturated rings. The molecule has 1 heterocycles. The van der Waals surface area contributed by atoms with Gasteiger partial charge in [-0.05, 0) is 31.0 Å². The van der Waals surface area contributed by atoms with Gasteiger partial charge < -0.3 is 21.1 Å². The van der Waals surface area contributed by atoms with Crippen molar-refractivity contribution in [2.45, 2.75) is 18.9 Å². The number of halogens is 1. The molecule has 1 amide bonds. The molecule has 0 atom stereocenters. The molecule has 5 nitrogen and oxygen atoms in total. The summed E-state index contributed by atoms with van der Waals surface area (Å²) in [6.45, 7) is 1.10. The molecule has 1 aliphatic heterocycles. The van der Waals surface area contributed by atoms with Crippen molar-refractivity contribution in [3.63, 3.8) is 0 Å². The van der Waals surface area contributed by atoms with Gasteiger partial charge in [0.05, 0.1) is 11.4 Å². The van der Waals surface area contributed by atoms with Gasteiger partial charge in [-0.25, -0.2) is 4.79 Å². The zero-order valence-electron chi connectivity index (χ0n) is 9.90. The first-order chi connectivity index (χ1) is 8.56. The predicted octanol–water partition coefficient (Wildman–Crippen LogP) is 2.48. The van der Waals surface area contributed by atoms with E-state index in [0.717, 1.165) is 18.5 Å². The Labute approximate surface area is 111 Å². The van der Waals surface area contributed by atoms with E-state index in [9.17, 15) is 4.79 Å². The topological polar surface area (TPSA) is 78.6 Å². The van der Waals surface area contributed by atoms with Gasteiger partial charge in [-0.3, -0.25) is 0 Å². The summed E-state index contributed by atoms with van der Waals surface area (Å²) in [6.07, 6.45) is 0.701. The molecule has 0 radical (unpaired) electrons. The lowest BCUT2D eigenvalue weighted by molar-refractivity contribution is 0.134. The minimum Gasteiger partial charge on any atom is -0.465 e. The Morgan fingerprint density at radius 2 is 2.11 bits per heavy atom.